The molecule has 2 aliphatic rings. The van der Waals surface area contributed by atoms with Gasteiger partial charge in [0.2, 0.25) is 0 Å². The van der Waals surface area contributed by atoms with Gasteiger partial charge in [-0.1, -0.05) is 12.1 Å². The molecule has 0 aliphatic carbocycles. The second-order valence-corrected chi connectivity index (χ2v) is 7.85. The minimum Gasteiger partial charge on any atom is -0.491 e. The minimum atomic E-state index is -0.332. The smallest absolute Gasteiger partial charge is 0.337 e. The number of benzene rings is 2. The molecule has 30 heavy (non-hydrogen) atoms. The number of likely N-dealkylation sites (tertiary alicyclic amines) is 1. The van der Waals surface area contributed by atoms with Crippen molar-refractivity contribution in [2.45, 2.75) is 32.2 Å². The lowest BCUT2D eigenvalue weighted by molar-refractivity contribution is 0.0600. The van der Waals surface area contributed by atoms with E-state index in [2.05, 4.69) is 4.90 Å². The number of methoxy groups -OCH3 is 1. The number of nitrogens with zero attached hydrogens (tertiary/aromatic N) is 2. The fourth-order valence-corrected chi connectivity index (χ4v) is 4.11. The van der Waals surface area contributed by atoms with Gasteiger partial charge in [-0.15, -0.1) is 0 Å². The van der Waals surface area contributed by atoms with Crippen LogP contribution in [0.25, 0.3) is 0 Å². The van der Waals surface area contributed by atoms with Crippen molar-refractivity contribution in [3.05, 3.63) is 59.2 Å². The molecule has 0 unspecified atom stereocenters. The van der Waals surface area contributed by atoms with Gasteiger partial charge in [-0.25, -0.2) is 4.79 Å². The quantitative estimate of drug-likeness (QED) is 0.719. The highest BCUT2D eigenvalue weighted by molar-refractivity contribution is 5.95. The van der Waals surface area contributed by atoms with E-state index < -0.39 is 0 Å². The molecule has 6 nitrogen and oxygen atoms in total. The second-order valence-electron chi connectivity index (χ2n) is 7.85. The van der Waals surface area contributed by atoms with Crippen molar-refractivity contribution >= 4 is 17.6 Å². The maximum absolute atomic E-state index is 12.9. The average molecular weight is 408 g/mol. The number of carbonyl (C=O) groups excluding carboxylic acids is 2. The van der Waals surface area contributed by atoms with Gasteiger partial charge in [0.25, 0.3) is 5.91 Å². The minimum absolute atomic E-state index is 0.0929. The van der Waals surface area contributed by atoms with E-state index in [0.717, 1.165) is 55.9 Å². The molecule has 2 heterocycles. The zero-order valence-corrected chi connectivity index (χ0v) is 17.4. The van der Waals surface area contributed by atoms with Crippen LogP contribution in [0.4, 0.5) is 5.69 Å². The van der Waals surface area contributed by atoms with Crippen molar-refractivity contribution in [1.29, 1.82) is 0 Å². The van der Waals surface area contributed by atoms with Crippen molar-refractivity contribution in [2.75, 3.05) is 38.3 Å². The predicted octanol–water partition coefficient (Wildman–Crippen LogP) is 3.89. The van der Waals surface area contributed by atoms with Gasteiger partial charge in [0.15, 0.2) is 0 Å². The van der Waals surface area contributed by atoms with E-state index in [1.807, 2.05) is 35.2 Å². The molecule has 2 aliphatic heterocycles. The van der Waals surface area contributed by atoms with Crippen molar-refractivity contribution in [1.82, 2.24) is 4.90 Å². The van der Waals surface area contributed by atoms with E-state index in [1.54, 1.807) is 12.1 Å². The predicted molar refractivity (Wildman–Crippen MR) is 115 cm³/mol. The number of anilines is 1. The summed E-state index contributed by atoms with van der Waals surface area (Å²) in [5, 5.41) is 0. The zero-order valence-electron chi connectivity index (χ0n) is 17.4. The molecule has 0 aromatic heterocycles. The van der Waals surface area contributed by atoms with E-state index in [1.165, 1.54) is 13.5 Å². The molecular weight excluding hydrogens is 380 g/mol. The number of carbonyl (C=O) groups is 2. The van der Waals surface area contributed by atoms with Crippen molar-refractivity contribution in [2.24, 2.45) is 0 Å². The Labute approximate surface area is 177 Å². The zero-order chi connectivity index (χ0) is 20.9. The van der Waals surface area contributed by atoms with Gasteiger partial charge in [-0.05, 0) is 61.6 Å². The lowest BCUT2D eigenvalue weighted by Crippen LogP contribution is -2.35. The third-order valence-corrected chi connectivity index (χ3v) is 5.77. The van der Waals surface area contributed by atoms with Crippen LogP contribution in [0.1, 0.15) is 52.0 Å². The molecule has 0 N–H and O–H groups in total. The van der Waals surface area contributed by atoms with Gasteiger partial charge in [0.05, 0.1) is 25.0 Å². The highest BCUT2D eigenvalue weighted by atomic mass is 16.5. The van der Waals surface area contributed by atoms with Crippen LogP contribution in [-0.2, 0) is 11.3 Å². The largest absolute Gasteiger partial charge is 0.491 e. The third-order valence-electron chi connectivity index (χ3n) is 5.77. The Kier molecular flexibility index (Phi) is 6.21. The number of fused-ring (bicyclic) bond motifs is 1. The van der Waals surface area contributed by atoms with Gasteiger partial charge in [0, 0.05) is 31.7 Å². The van der Waals surface area contributed by atoms with Gasteiger partial charge >= 0.3 is 5.97 Å². The summed E-state index contributed by atoms with van der Waals surface area (Å²) in [6, 6.07) is 13.3. The van der Waals surface area contributed by atoms with Crippen LogP contribution in [0.3, 0.4) is 0 Å². The van der Waals surface area contributed by atoms with Crippen LogP contribution in [0.5, 0.6) is 5.75 Å². The molecule has 1 amide bonds. The lowest BCUT2D eigenvalue weighted by atomic mass is 10.1. The Morgan fingerprint density at radius 3 is 2.40 bits per heavy atom. The number of hydrogen-bond donors (Lipinski definition) is 0. The maximum atomic E-state index is 12.9. The summed E-state index contributed by atoms with van der Waals surface area (Å²) >= 11 is 0. The summed E-state index contributed by atoms with van der Waals surface area (Å²) in [4.78, 5) is 28.7. The van der Waals surface area contributed by atoms with E-state index in [0.29, 0.717) is 24.3 Å². The molecule has 6 heteroatoms. The Morgan fingerprint density at radius 1 is 0.933 bits per heavy atom. The summed E-state index contributed by atoms with van der Waals surface area (Å²) in [6.45, 7) is 3.88. The highest BCUT2D eigenvalue weighted by Gasteiger charge is 2.22. The van der Waals surface area contributed by atoms with E-state index >= 15 is 0 Å². The molecule has 0 radical (unpaired) electrons. The van der Waals surface area contributed by atoms with Crippen molar-refractivity contribution < 1.29 is 19.1 Å². The fraction of sp³-hybridized carbons (Fsp3) is 0.417. The van der Waals surface area contributed by atoms with Crippen LogP contribution in [-0.4, -0.2) is 50.1 Å². The average Bonchev–Trinajstić information content (AvgIpc) is 3.00. The van der Waals surface area contributed by atoms with Crippen LogP contribution < -0.4 is 9.64 Å². The highest BCUT2D eigenvalue weighted by Crippen LogP contribution is 2.33. The SMILES string of the molecule is COC(=O)c1ccc(CN2CCCOc3cc(C(=O)N4CCCCC4)ccc32)cc1. The van der Waals surface area contributed by atoms with Gasteiger partial charge < -0.3 is 19.3 Å². The van der Waals surface area contributed by atoms with Gasteiger partial charge in [-0.2, -0.15) is 0 Å². The van der Waals surface area contributed by atoms with E-state index in [-0.39, 0.29) is 11.9 Å². The van der Waals surface area contributed by atoms with Crippen molar-refractivity contribution in [3.63, 3.8) is 0 Å². The van der Waals surface area contributed by atoms with Crippen molar-refractivity contribution in [3.8, 4) is 5.75 Å². The molecular formula is C24H28N2O4. The van der Waals surface area contributed by atoms with Crippen LogP contribution >= 0.6 is 0 Å². The first kappa shape index (κ1) is 20.3. The number of piperidine rings is 1. The Hall–Kier alpha value is -3.02. The molecule has 0 bridgehead atoms. The first-order chi connectivity index (χ1) is 14.7. The lowest BCUT2D eigenvalue weighted by Gasteiger charge is -2.28. The molecule has 1 fully saturated rings. The first-order valence-corrected chi connectivity index (χ1v) is 10.6. The fourth-order valence-electron chi connectivity index (χ4n) is 4.11. The summed E-state index contributed by atoms with van der Waals surface area (Å²) in [5.41, 5.74) is 3.34. The summed E-state index contributed by atoms with van der Waals surface area (Å²) in [5.74, 6) is 0.526. The summed E-state index contributed by atoms with van der Waals surface area (Å²) in [7, 11) is 1.38. The van der Waals surface area contributed by atoms with Crippen LogP contribution in [0, 0.1) is 0 Å². The number of ether oxygens (including phenoxy) is 2. The molecule has 1 saturated heterocycles. The summed E-state index contributed by atoms with van der Waals surface area (Å²) in [6.07, 6.45) is 4.27. The molecule has 0 atom stereocenters. The standard InChI is InChI=1S/C24H28N2O4/c1-29-24(28)19-8-6-18(7-9-19)17-26-14-5-15-30-22-16-20(10-11-21(22)26)23(27)25-12-3-2-4-13-25/h6-11,16H,2-5,12-15,17H2,1H3. The second kappa shape index (κ2) is 9.20. The number of rotatable bonds is 4. The number of amides is 1. The molecule has 0 spiro atoms. The monoisotopic (exact) mass is 408 g/mol. The van der Waals surface area contributed by atoms with Crippen LogP contribution in [0.2, 0.25) is 0 Å². The molecule has 0 saturated carbocycles. The van der Waals surface area contributed by atoms with Gasteiger partial charge in [0.1, 0.15) is 5.75 Å². The molecule has 2 aromatic rings. The van der Waals surface area contributed by atoms with E-state index in [4.69, 9.17) is 9.47 Å². The third kappa shape index (κ3) is 4.42. The normalized spacial score (nSPS) is 16.3. The van der Waals surface area contributed by atoms with Gasteiger partial charge in [-0.3, -0.25) is 4.79 Å². The Bertz CT molecular complexity index is 904. The molecule has 2 aromatic carbocycles. The number of hydrogen-bond acceptors (Lipinski definition) is 5. The first-order valence-electron chi connectivity index (χ1n) is 10.6. The molecule has 158 valence electrons. The molecule has 4 rings (SSSR count). The van der Waals surface area contributed by atoms with E-state index in [9.17, 15) is 9.59 Å². The topological polar surface area (TPSA) is 59.1 Å². The Morgan fingerprint density at radius 2 is 1.67 bits per heavy atom. The summed E-state index contributed by atoms with van der Waals surface area (Å²) < 4.78 is 10.8. The Balaban J connectivity index is 1.52. The number of esters is 1. The van der Waals surface area contributed by atoms with Crippen LogP contribution in [0.15, 0.2) is 42.5 Å². The maximum Gasteiger partial charge on any atom is 0.337 e.